The van der Waals surface area contributed by atoms with Crippen LogP contribution in [0, 0.1) is 0 Å². The van der Waals surface area contributed by atoms with Crippen molar-refractivity contribution in [2.45, 2.75) is 32.4 Å². The molecule has 0 unspecified atom stereocenters. The second kappa shape index (κ2) is 7.38. The number of nitrogens with one attached hydrogen (secondary N) is 1. The standard InChI is InChI=1S/C19H23N3O/c1-2-22-14-17-8-4-3-7-16(17)12-18(22)19(23)21-11-9-15-6-5-10-20-13-15/h3-8,10,13,18H,2,9,11-12,14H2,1H3,(H,21,23)/t18-/m1/s1. The third-order valence-corrected chi connectivity index (χ3v) is 4.49. The van der Waals surface area contributed by atoms with E-state index in [1.165, 1.54) is 11.1 Å². The maximum absolute atomic E-state index is 12.6. The SMILES string of the molecule is CCN1Cc2ccccc2C[C@@H]1C(=O)NCCc1cccnc1. The largest absolute Gasteiger partial charge is 0.354 e. The zero-order valence-electron chi connectivity index (χ0n) is 13.5. The molecular weight excluding hydrogens is 286 g/mol. The van der Waals surface area contributed by atoms with Crippen LogP contribution in [0.3, 0.4) is 0 Å². The first-order valence-electron chi connectivity index (χ1n) is 8.25. The van der Waals surface area contributed by atoms with Crippen LogP contribution in [0.5, 0.6) is 0 Å². The smallest absolute Gasteiger partial charge is 0.237 e. The second-order valence-electron chi connectivity index (χ2n) is 5.95. The summed E-state index contributed by atoms with van der Waals surface area (Å²) in [6, 6.07) is 12.3. The summed E-state index contributed by atoms with van der Waals surface area (Å²) in [5.74, 6) is 0.130. The summed E-state index contributed by atoms with van der Waals surface area (Å²) >= 11 is 0. The summed E-state index contributed by atoms with van der Waals surface area (Å²) in [7, 11) is 0. The van der Waals surface area contributed by atoms with Crippen molar-refractivity contribution >= 4 is 5.91 Å². The Kier molecular flexibility index (Phi) is 5.03. The molecule has 0 radical (unpaired) electrons. The van der Waals surface area contributed by atoms with Crippen molar-refractivity contribution in [3.8, 4) is 0 Å². The molecule has 4 heteroatoms. The van der Waals surface area contributed by atoms with Crippen LogP contribution in [0.1, 0.15) is 23.6 Å². The molecule has 1 N–H and O–H groups in total. The van der Waals surface area contributed by atoms with Crippen molar-refractivity contribution in [3.63, 3.8) is 0 Å². The minimum atomic E-state index is -0.0659. The third-order valence-electron chi connectivity index (χ3n) is 4.49. The lowest BCUT2D eigenvalue weighted by atomic mass is 9.93. The van der Waals surface area contributed by atoms with Gasteiger partial charge in [0.2, 0.25) is 5.91 Å². The second-order valence-corrected chi connectivity index (χ2v) is 5.95. The van der Waals surface area contributed by atoms with Crippen molar-refractivity contribution in [1.82, 2.24) is 15.2 Å². The number of hydrogen-bond acceptors (Lipinski definition) is 3. The van der Waals surface area contributed by atoms with Gasteiger partial charge >= 0.3 is 0 Å². The summed E-state index contributed by atoms with van der Waals surface area (Å²) < 4.78 is 0. The molecule has 0 saturated carbocycles. The molecular formula is C19H23N3O. The Hall–Kier alpha value is -2.20. The van der Waals surface area contributed by atoms with Gasteiger partial charge in [0.25, 0.3) is 0 Å². The van der Waals surface area contributed by atoms with Crippen LogP contribution < -0.4 is 5.32 Å². The predicted molar refractivity (Wildman–Crippen MR) is 91.0 cm³/mol. The number of aromatic nitrogens is 1. The van der Waals surface area contributed by atoms with Crippen molar-refractivity contribution in [2.75, 3.05) is 13.1 Å². The number of pyridine rings is 1. The fourth-order valence-corrected chi connectivity index (χ4v) is 3.16. The molecule has 3 rings (SSSR count). The lowest BCUT2D eigenvalue weighted by Crippen LogP contribution is -2.50. The summed E-state index contributed by atoms with van der Waals surface area (Å²) in [5.41, 5.74) is 3.78. The van der Waals surface area contributed by atoms with Crippen LogP contribution >= 0.6 is 0 Å². The lowest BCUT2D eigenvalue weighted by Gasteiger charge is -2.35. The van der Waals surface area contributed by atoms with E-state index < -0.39 is 0 Å². The molecule has 0 bridgehead atoms. The van der Waals surface area contributed by atoms with Gasteiger partial charge in [-0.3, -0.25) is 14.7 Å². The molecule has 1 aliphatic heterocycles. The summed E-state index contributed by atoms with van der Waals surface area (Å²) in [4.78, 5) is 19.0. The average Bonchev–Trinajstić information content (AvgIpc) is 2.61. The number of fused-ring (bicyclic) bond motifs is 1. The molecule has 1 aliphatic rings. The van der Waals surface area contributed by atoms with Gasteiger partial charge in [-0.25, -0.2) is 0 Å². The minimum Gasteiger partial charge on any atom is -0.354 e. The van der Waals surface area contributed by atoms with Crippen LogP contribution in [0.15, 0.2) is 48.8 Å². The first-order chi connectivity index (χ1) is 11.3. The molecule has 2 heterocycles. The zero-order valence-corrected chi connectivity index (χ0v) is 13.5. The number of likely N-dealkylation sites (N-methyl/N-ethyl adjacent to an activating group) is 1. The van der Waals surface area contributed by atoms with Crippen LogP contribution in [-0.2, 0) is 24.2 Å². The Labute approximate surface area is 137 Å². The van der Waals surface area contributed by atoms with E-state index in [0.29, 0.717) is 6.54 Å². The van der Waals surface area contributed by atoms with E-state index in [1.54, 1.807) is 6.20 Å². The molecule has 0 saturated heterocycles. The number of nitrogens with zero attached hydrogens (tertiary/aromatic N) is 2. The van der Waals surface area contributed by atoms with Gasteiger partial charge in [0.1, 0.15) is 0 Å². The predicted octanol–water partition coefficient (Wildman–Crippen LogP) is 2.19. The molecule has 4 nitrogen and oxygen atoms in total. The van der Waals surface area contributed by atoms with Crippen LogP contribution in [0.25, 0.3) is 0 Å². The number of hydrogen-bond donors (Lipinski definition) is 1. The van der Waals surface area contributed by atoms with Gasteiger partial charge in [0.15, 0.2) is 0 Å². The first kappa shape index (κ1) is 15.7. The van der Waals surface area contributed by atoms with E-state index in [2.05, 4.69) is 46.4 Å². The Morgan fingerprint density at radius 1 is 1.26 bits per heavy atom. The molecule has 1 aromatic heterocycles. The summed E-state index contributed by atoms with van der Waals surface area (Å²) in [5, 5.41) is 3.09. The maximum atomic E-state index is 12.6. The molecule has 120 valence electrons. The molecule has 0 fully saturated rings. The van der Waals surface area contributed by atoms with Gasteiger partial charge in [-0.15, -0.1) is 0 Å². The van der Waals surface area contributed by atoms with Crippen molar-refractivity contribution < 1.29 is 4.79 Å². The van der Waals surface area contributed by atoms with Gasteiger partial charge < -0.3 is 5.32 Å². The average molecular weight is 309 g/mol. The highest BCUT2D eigenvalue weighted by Crippen LogP contribution is 2.23. The highest BCUT2D eigenvalue weighted by atomic mass is 16.2. The molecule has 23 heavy (non-hydrogen) atoms. The van der Waals surface area contributed by atoms with Crippen molar-refractivity contribution in [2.24, 2.45) is 0 Å². The van der Waals surface area contributed by atoms with Crippen molar-refractivity contribution in [3.05, 3.63) is 65.5 Å². The maximum Gasteiger partial charge on any atom is 0.237 e. The van der Waals surface area contributed by atoms with Gasteiger partial charge in [0, 0.05) is 25.5 Å². The highest BCUT2D eigenvalue weighted by molar-refractivity contribution is 5.82. The van der Waals surface area contributed by atoms with Gasteiger partial charge in [-0.1, -0.05) is 37.3 Å². The number of rotatable bonds is 5. The minimum absolute atomic E-state index is 0.0659. The van der Waals surface area contributed by atoms with Crippen LogP contribution in [0.2, 0.25) is 0 Å². The van der Waals surface area contributed by atoms with Gasteiger partial charge in [-0.05, 0) is 42.1 Å². The Morgan fingerprint density at radius 3 is 2.83 bits per heavy atom. The topological polar surface area (TPSA) is 45.2 Å². The van der Waals surface area contributed by atoms with Crippen LogP contribution in [0.4, 0.5) is 0 Å². The molecule has 0 aliphatic carbocycles. The van der Waals surface area contributed by atoms with E-state index in [9.17, 15) is 4.79 Å². The number of carbonyl (C=O) groups excluding carboxylic acids is 1. The normalized spacial score (nSPS) is 17.5. The van der Waals surface area contributed by atoms with E-state index in [0.717, 1.165) is 31.5 Å². The van der Waals surface area contributed by atoms with E-state index in [-0.39, 0.29) is 11.9 Å². The quantitative estimate of drug-likeness (QED) is 0.921. The third kappa shape index (κ3) is 3.77. The van der Waals surface area contributed by atoms with Crippen molar-refractivity contribution in [1.29, 1.82) is 0 Å². The first-order valence-corrected chi connectivity index (χ1v) is 8.25. The van der Waals surface area contributed by atoms with Gasteiger partial charge in [0.05, 0.1) is 6.04 Å². The Balaban J connectivity index is 1.60. The Morgan fingerprint density at radius 2 is 2.09 bits per heavy atom. The summed E-state index contributed by atoms with van der Waals surface area (Å²) in [6.45, 7) is 4.51. The zero-order chi connectivity index (χ0) is 16.1. The van der Waals surface area contributed by atoms with Crippen LogP contribution in [-0.4, -0.2) is 34.9 Å². The van der Waals surface area contributed by atoms with Gasteiger partial charge in [-0.2, -0.15) is 0 Å². The van der Waals surface area contributed by atoms with E-state index in [1.807, 2.05) is 18.3 Å². The number of carbonyl (C=O) groups is 1. The monoisotopic (exact) mass is 309 g/mol. The molecule has 1 atom stereocenters. The summed E-state index contributed by atoms with van der Waals surface area (Å²) in [6.07, 6.45) is 5.22. The molecule has 1 amide bonds. The molecule has 1 aromatic carbocycles. The fraction of sp³-hybridized carbons (Fsp3) is 0.368. The molecule has 2 aromatic rings. The van der Waals surface area contributed by atoms with E-state index >= 15 is 0 Å². The fourth-order valence-electron chi connectivity index (χ4n) is 3.16. The lowest BCUT2D eigenvalue weighted by molar-refractivity contribution is -0.126. The van der Waals surface area contributed by atoms with E-state index in [4.69, 9.17) is 0 Å². The Bertz CT molecular complexity index is 657. The number of benzene rings is 1. The highest BCUT2D eigenvalue weighted by Gasteiger charge is 2.29. The number of amides is 1. The molecule has 0 spiro atoms.